The molecular formula is C10H10O2. The maximum absolute atomic E-state index is 10.3. The van der Waals surface area contributed by atoms with Crippen molar-refractivity contribution in [3.8, 4) is 0 Å². The van der Waals surface area contributed by atoms with Gasteiger partial charge in [-0.15, -0.1) is 0 Å². The Morgan fingerprint density at radius 3 is 2.25 bits per heavy atom. The molecule has 0 saturated carbocycles. The number of rotatable bonds is 3. The van der Waals surface area contributed by atoms with Crippen molar-refractivity contribution in [2.75, 3.05) is 7.11 Å². The normalized spacial score (nSPS) is 10.1. The number of methoxy groups -OCH3 is 1. The zero-order valence-electron chi connectivity index (χ0n) is 6.86. The molecule has 0 aromatic heterocycles. The van der Waals surface area contributed by atoms with E-state index in [2.05, 4.69) is 0 Å². The molecule has 0 bridgehead atoms. The zero-order chi connectivity index (χ0) is 8.81. The van der Waals surface area contributed by atoms with Gasteiger partial charge in [0.25, 0.3) is 0 Å². The molecule has 0 unspecified atom stereocenters. The molecule has 0 aliphatic heterocycles. The first-order chi connectivity index (χ1) is 5.86. The Bertz CT molecular complexity index is 272. The average Bonchev–Trinajstić information content (AvgIpc) is 2.15. The summed E-state index contributed by atoms with van der Waals surface area (Å²) < 4.78 is 4.75. The second-order valence-corrected chi connectivity index (χ2v) is 2.32. The lowest BCUT2D eigenvalue weighted by atomic mass is 10.1. The minimum atomic E-state index is 0.685. The minimum absolute atomic E-state index is 0.685. The fourth-order valence-electron chi connectivity index (χ4n) is 0.832. The van der Waals surface area contributed by atoms with Gasteiger partial charge in [-0.1, -0.05) is 24.3 Å². The Hall–Kier alpha value is -1.57. The Balaban J connectivity index is 2.77. The van der Waals surface area contributed by atoms with Gasteiger partial charge in [0, 0.05) is 5.56 Å². The predicted molar refractivity (Wildman–Crippen MR) is 47.9 cm³/mol. The highest BCUT2D eigenvalue weighted by Gasteiger charge is 1.88. The highest BCUT2D eigenvalue weighted by Crippen LogP contribution is 2.04. The van der Waals surface area contributed by atoms with E-state index in [0.717, 1.165) is 11.8 Å². The van der Waals surface area contributed by atoms with Crippen LogP contribution in [0.25, 0.3) is 6.08 Å². The van der Waals surface area contributed by atoms with Crippen LogP contribution in [0, 0.1) is 0 Å². The fraction of sp³-hybridized carbons (Fsp3) is 0.100. The molecule has 1 aromatic rings. The zero-order valence-corrected chi connectivity index (χ0v) is 6.86. The molecule has 0 saturated heterocycles. The number of ether oxygens (including phenoxy) is 1. The average molecular weight is 162 g/mol. The van der Waals surface area contributed by atoms with Crippen molar-refractivity contribution < 1.29 is 9.53 Å². The maximum atomic E-state index is 10.3. The van der Waals surface area contributed by atoms with Gasteiger partial charge in [0.15, 0.2) is 0 Å². The topological polar surface area (TPSA) is 26.3 Å². The number of aldehydes is 1. The standard InChI is InChI=1S/C10H10O2/c1-12-7-6-9-2-4-10(8-11)5-3-9/h2-8H,1H3. The highest BCUT2D eigenvalue weighted by molar-refractivity contribution is 5.75. The van der Waals surface area contributed by atoms with E-state index < -0.39 is 0 Å². The van der Waals surface area contributed by atoms with Gasteiger partial charge in [0.2, 0.25) is 0 Å². The SMILES string of the molecule is COC=Cc1ccc(C=O)cc1. The van der Waals surface area contributed by atoms with Crippen LogP contribution in [0.1, 0.15) is 15.9 Å². The lowest BCUT2D eigenvalue weighted by Crippen LogP contribution is -1.78. The minimum Gasteiger partial charge on any atom is -0.504 e. The molecule has 0 aliphatic rings. The highest BCUT2D eigenvalue weighted by atomic mass is 16.5. The largest absolute Gasteiger partial charge is 0.504 e. The third-order valence-corrected chi connectivity index (χ3v) is 1.47. The van der Waals surface area contributed by atoms with E-state index in [1.165, 1.54) is 0 Å². The van der Waals surface area contributed by atoms with Gasteiger partial charge in [0.05, 0.1) is 13.4 Å². The summed E-state index contributed by atoms with van der Waals surface area (Å²) in [4.78, 5) is 10.3. The van der Waals surface area contributed by atoms with Crippen molar-refractivity contribution in [2.45, 2.75) is 0 Å². The first-order valence-corrected chi connectivity index (χ1v) is 3.61. The van der Waals surface area contributed by atoms with E-state index in [9.17, 15) is 4.79 Å². The first kappa shape index (κ1) is 8.53. The summed E-state index contributed by atoms with van der Waals surface area (Å²) in [5.74, 6) is 0. The van der Waals surface area contributed by atoms with Crippen LogP contribution in [0.4, 0.5) is 0 Å². The van der Waals surface area contributed by atoms with Crippen molar-refractivity contribution in [3.63, 3.8) is 0 Å². The third-order valence-electron chi connectivity index (χ3n) is 1.47. The molecular weight excluding hydrogens is 152 g/mol. The molecule has 2 heteroatoms. The van der Waals surface area contributed by atoms with Crippen LogP contribution in [-0.2, 0) is 4.74 Å². The molecule has 0 heterocycles. The number of carbonyl (C=O) groups excluding carboxylic acids is 1. The molecule has 62 valence electrons. The van der Waals surface area contributed by atoms with Crippen LogP contribution in [0.15, 0.2) is 30.5 Å². The molecule has 0 spiro atoms. The van der Waals surface area contributed by atoms with E-state index >= 15 is 0 Å². The lowest BCUT2D eigenvalue weighted by Gasteiger charge is -1.93. The first-order valence-electron chi connectivity index (χ1n) is 3.61. The quantitative estimate of drug-likeness (QED) is 0.502. The van der Waals surface area contributed by atoms with Gasteiger partial charge in [-0.25, -0.2) is 0 Å². The number of carbonyl (C=O) groups is 1. The fourth-order valence-corrected chi connectivity index (χ4v) is 0.832. The second-order valence-electron chi connectivity index (χ2n) is 2.32. The van der Waals surface area contributed by atoms with Crippen LogP contribution in [0.2, 0.25) is 0 Å². The van der Waals surface area contributed by atoms with Gasteiger partial charge < -0.3 is 4.74 Å². The smallest absolute Gasteiger partial charge is 0.150 e. The Morgan fingerprint density at radius 2 is 1.75 bits per heavy atom. The van der Waals surface area contributed by atoms with Gasteiger partial charge in [-0.3, -0.25) is 4.79 Å². The van der Waals surface area contributed by atoms with Crippen LogP contribution < -0.4 is 0 Å². The predicted octanol–water partition coefficient (Wildman–Crippen LogP) is 2.12. The third kappa shape index (κ3) is 2.23. The van der Waals surface area contributed by atoms with E-state index in [4.69, 9.17) is 4.74 Å². The van der Waals surface area contributed by atoms with Crippen LogP contribution in [-0.4, -0.2) is 13.4 Å². The summed E-state index contributed by atoms with van der Waals surface area (Å²) in [6.07, 6.45) is 4.24. The van der Waals surface area contributed by atoms with Crippen molar-refractivity contribution in [2.24, 2.45) is 0 Å². The van der Waals surface area contributed by atoms with E-state index in [-0.39, 0.29) is 0 Å². The summed E-state index contributed by atoms with van der Waals surface area (Å²) in [5, 5.41) is 0. The molecule has 0 amide bonds. The van der Waals surface area contributed by atoms with E-state index in [1.807, 2.05) is 18.2 Å². The molecule has 0 aliphatic carbocycles. The summed E-state index contributed by atoms with van der Waals surface area (Å²) >= 11 is 0. The molecule has 1 rings (SSSR count). The molecule has 0 radical (unpaired) electrons. The molecule has 2 nitrogen and oxygen atoms in total. The summed E-state index contributed by atoms with van der Waals surface area (Å²) in [7, 11) is 1.59. The number of hydrogen-bond acceptors (Lipinski definition) is 2. The molecule has 12 heavy (non-hydrogen) atoms. The van der Waals surface area contributed by atoms with Gasteiger partial charge in [0.1, 0.15) is 6.29 Å². The van der Waals surface area contributed by atoms with Crippen LogP contribution >= 0.6 is 0 Å². The Kier molecular flexibility index (Phi) is 3.08. The molecule has 0 N–H and O–H groups in total. The van der Waals surface area contributed by atoms with Crippen LogP contribution in [0.3, 0.4) is 0 Å². The summed E-state index contributed by atoms with van der Waals surface area (Å²) in [5.41, 5.74) is 1.70. The van der Waals surface area contributed by atoms with E-state index in [0.29, 0.717) is 5.56 Å². The van der Waals surface area contributed by atoms with Gasteiger partial charge >= 0.3 is 0 Å². The van der Waals surface area contributed by atoms with E-state index in [1.54, 1.807) is 25.5 Å². The maximum Gasteiger partial charge on any atom is 0.150 e. The Labute approximate surface area is 71.5 Å². The summed E-state index contributed by atoms with van der Waals surface area (Å²) in [6.45, 7) is 0. The van der Waals surface area contributed by atoms with Gasteiger partial charge in [-0.2, -0.15) is 0 Å². The van der Waals surface area contributed by atoms with Gasteiger partial charge in [-0.05, 0) is 11.6 Å². The van der Waals surface area contributed by atoms with Crippen molar-refractivity contribution in [3.05, 3.63) is 41.7 Å². The monoisotopic (exact) mass is 162 g/mol. The summed E-state index contributed by atoms with van der Waals surface area (Å²) in [6, 6.07) is 7.25. The van der Waals surface area contributed by atoms with Crippen molar-refractivity contribution in [1.29, 1.82) is 0 Å². The number of benzene rings is 1. The second kappa shape index (κ2) is 4.34. The van der Waals surface area contributed by atoms with Crippen LogP contribution in [0.5, 0.6) is 0 Å². The molecule has 1 aromatic carbocycles. The van der Waals surface area contributed by atoms with Crippen molar-refractivity contribution in [1.82, 2.24) is 0 Å². The molecule has 0 fully saturated rings. The lowest BCUT2D eigenvalue weighted by molar-refractivity contribution is 0.112. The number of hydrogen-bond donors (Lipinski definition) is 0. The molecule has 0 atom stereocenters. The Morgan fingerprint density at radius 1 is 1.17 bits per heavy atom. The van der Waals surface area contributed by atoms with Crippen molar-refractivity contribution >= 4 is 12.4 Å².